The highest BCUT2D eigenvalue weighted by atomic mass is 35.7. The summed E-state index contributed by atoms with van der Waals surface area (Å²) in [5.74, 6) is 0.287. The summed E-state index contributed by atoms with van der Waals surface area (Å²) in [5.41, 5.74) is 0. The fraction of sp³-hybridized carbons (Fsp3) is 1.00. The van der Waals surface area contributed by atoms with E-state index in [-0.39, 0.29) is 11.7 Å². The Labute approximate surface area is 67.0 Å². The van der Waals surface area contributed by atoms with Gasteiger partial charge < -0.3 is 0 Å². The van der Waals surface area contributed by atoms with Crippen molar-refractivity contribution in [3.05, 3.63) is 0 Å². The van der Waals surface area contributed by atoms with Crippen molar-refractivity contribution in [2.45, 2.75) is 26.7 Å². The van der Waals surface area contributed by atoms with Crippen molar-refractivity contribution in [1.82, 2.24) is 0 Å². The summed E-state index contributed by atoms with van der Waals surface area (Å²) in [7, 11) is 1.76. The highest BCUT2D eigenvalue weighted by molar-refractivity contribution is 8.13. The van der Waals surface area contributed by atoms with Gasteiger partial charge in [-0.25, -0.2) is 8.42 Å². The number of halogens is 1. The van der Waals surface area contributed by atoms with E-state index in [1.807, 2.05) is 13.8 Å². The van der Waals surface area contributed by atoms with Gasteiger partial charge in [0.05, 0.1) is 5.75 Å². The Hall–Kier alpha value is 0.240. The molecule has 0 bridgehead atoms. The van der Waals surface area contributed by atoms with Crippen LogP contribution >= 0.6 is 10.7 Å². The van der Waals surface area contributed by atoms with E-state index in [9.17, 15) is 8.42 Å². The molecule has 4 heteroatoms. The summed E-state index contributed by atoms with van der Waals surface area (Å²) in [6, 6.07) is 0. The average Bonchev–Trinajstić information content (AvgIpc) is 1.59. The van der Waals surface area contributed by atoms with Crippen LogP contribution in [0.2, 0.25) is 0 Å². The summed E-state index contributed by atoms with van der Waals surface area (Å²) < 4.78 is 21.0. The number of hydrogen-bond donors (Lipinski definition) is 0. The van der Waals surface area contributed by atoms with Crippen molar-refractivity contribution >= 4 is 19.7 Å². The van der Waals surface area contributed by atoms with Crippen LogP contribution in [0, 0.1) is 5.92 Å². The Balaban J connectivity index is 3.69. The highest BCUT2D eigenvalue weighted by Crippen LogP contribution is 2.10. The molecule has 0 N–H and O–H groups in total. The third-order valence-corrected chi connectivity index (χ3v) is 2.61. The molecular formula is C6H13ClO2S. The van der Waals surface area contributed by atoms with Crippen molar-refractivity contribution in [1.29, 1.82) is 0 Å². The van der Waals surface area contributed by atoms with Gasteiger partial charge >= 0.3 is 0 Å². The molecule has 1 unspecified atom stereocenters. The minimum Gasteiger partial charge on any atom is -0.212 e. The Kier molecular flexibility index (Phi) is 4.29. The predicted molar refractivity (Wildman–Crippen MR) is 43.7 cm³/mol. The molecule has 62 valence electrons. The first-order valence-electron chi connectivity index (χ1n) is 3.38. The molecule has 2 nitrogen and oxygen atoms in total. The molecule has 0 aliphatic heterocycles. The van der Waals surface area contributed by atoms with Crippen molar-refractivity contribution in [2.24, 2.45) is 5.92 Å². The topological polar surface area (TPSA) is 34.1 Å². The summed E-state index contributed by atoms with van der Waals surface area (Å²) in [6.45, 7) is 3.92. The zero-order valence-corrected chi connectivity index (χ0v) is 7.87. The third-order valence-electron chi connectivity index (χ3n) is 1.27. The molecule has 10 heavy (non-hydrogen) atoms. The average molecular weight is 185 g/mol. The van der Waals surface area contributed by atoms with E-state index in [0.29, 0.717) is 0 Å². The van der Waals surface area contributed by atoms with Gasteiger partial charge in [0.15, 0.2) is 0 Å². The van der Waals surface area contributed by atoms with Crippen LogP contribution in [0.15, 0.2) is 0 Å². The van der Waals surface area contributed by atoms with E-state index in [1.54, 1.807) is 0 Å². The van der Waals surface area contributed by atoms with Crippen molar-refractivity contribution in [3.63, 3.8) is 0 Å². The first-order chi connectivity index (χ1) is 4.45. The molecule has 0 saturated heterocycles. The monoisotopic (exact) mass is 184 g/mol. The predicted octanol–water partition coefficient (Wildman–Crippen LogP) is 1.99. The van der Waals surface area contributed by atoms with Crippen molar-refractivity contribution in [3.8, 4) is 0 Å². The molecule has 0 heterocycles. The molecule has 0 rings (SSSR count). The van der Waals surface area contributed by atoms with E-state index >= 15 is 0 Å². The maximum Gasteiger partial charge on any atom is 0.232 e. The van der Waals surface area contributed by atoms with Crippen LogP contribution in [0.1, 0.15) is 26.7 Å². The molecule has 0 aromatic heterocycles. The number of hydrogen-bond acceptors (Lipinski definition) is 2. The molecule has 0 fully saturated rings. The van der Waals surface area contributed by atoms with Crippen LogP contribution in [0.3, 0.4) is 0 Å². The molecule has 0 spiro atoms. The lowest BCUT2D eigenvalue weighted by Crippen LogP contribution is -2.07. The second-order valence-electron chi connectivity index (χ2n) is 2.60. The quantitative estimate of drug-likeness (QED) is 0.627. The standard InChI is InChI=1S/C6H13ClO2S/c1-3-4-6(2)5-10(7,8)9/h6H,3-5H2,1-2H3. The van der Waals surface area contributed by atoms with Crippen LogP contribution in [0.5, 0.6) is 0 Å². The summed E-state index contributed by atoms with van der Waals surface area (Å²) in [4.78, 5) is 0. The molecule has 0 amide bonds. The Morgan fingerprint density at radius 3 is 2.30 bits per heavy atom. The maximum atomic E-state index is 10.5. The van der Waals surface area contributed by atoms with E-state index in [4.69, 9.17) is 10.7 Å². The maximum absolute atomic E-state index is 10.5. The van der Waals surface area contributed by atoms with Crippen LogP contribution < -0.4 is 0 Å². The molecular weight excluding hydrogens is 172 g/mol. The molecule has 0 saturated carbocycles. The second kappa shape index (κ2) is 4.19. The number of rotatable bonds is 4. The minimum absolute atomic E-state index is 0.0996. The van der Waals surface area contributed by atoms with Gasteiger partial charge in [-0.1, -0.05) is 20.3 Å². The molecule has 1 atom stereocenters. The van der Waals surface area contributed by atoms with Crippen molar-refractivity contribution in [2.75, 3.05) is 5.75 Å². The van der Waals surface area contributed by atoms with Gasteiger partial charge in [0.2, 0.25) is 9.05 Å². The van der Waals surface area contributed by atoms with Crippen LogP contribution in [-0.2, 0) is 9.05 Å². The first-order valence-corrected chi connectivity index (χ1v) is 5.86. The van der Waals surface area contributed by atoms with Gasteiger partial charge in [-0.15, -0.1) is 0 Å². The normalized spacial score (nSPS) is 15.1. The third kappa shape index (κ3) is 6.36. The largest absolute Gasteiger partial charge is 0.232 e. The fourth-order valence-electron chi connectivity index (χ4n) is 0.916. The molecule has 0 aliphatic rings. The lowest BCUT2D eigenvalue weighted by molar-refractivity contribution is 0.553. The van der Waals surface area contributed by atoms with Gasteiger partial charge in [0, 0.05) is 10.7 Å². The minimum atomic E-state index is -3.27. The van der Waals surface area contributed by atoms with Gasteiger partial charge in [-0.2, -0.15) is 0 Å². The SMILES string of the molecule is CCCC(C)CS(=O)(=O)Cl. The Morgan fingerprint density at radius 1 is 1.50 bits per heavy atom. The van der Waals surface area contributed by atoms with E-state index < -0.39 is 9.05 Å². The zero-order valence-electron chi connectivity index (χ0n) is 6.30. The van der Waals surface area contributed by atoms with Crippen LogP contribution in [0.4, 0.5) is 0 Å². The Bertz CT molecular complexity index is 174. The summed E-state index contributed by atoms with van der Waals surface area (Å²) in [6.07, 6.45) is 1.93. The zero-order chi connectivity index (χ0) is 8.20. The van der Waals surface area contributed by atoms with Gasteiger partial charge in [0.25, 0.3) is 0 Å². The molecule has 0 aromatic rings. The molecule has 0 aliphatic carbocycles. The summed E-state index contributed by atoms with van der Waals surface area (Å²) in [5, 5.41) is 0. The van der Waals surface area contributed by atoms with Crippen LogP contribution in [0.25, 0.3) is 0 Å². The highest BCUT2D eigenvalue weighted by Gasteiger charge is 2.10. The van der Waals surface area contributed by atoms with E-state index in [1.165, 1.54) is 0 Å². The molecule has 0 radical (unpaired) electrons. The second-order valence-corrected chi connectivity index (χ2v) is 5.42. The van der Waals surface area contributed by atoms with Crippen molar-refractivity contribution < 1.29 is 8.42 Å². The first kappa shape index (κ1) is 10.2. The van der Waals surface area contributed by atoms with E-state index in [2.05, 4.69) is 0 Å². The summed E-state index contributed by atoms with van der Waals surface area (Å²) >= 11 is 0. The van der Waals surface area contributed by atoms with Gasteiger partial charge in [-0.05, 0) is 12.3 Å². The van der Waals surface area contributed by atoms with Gasteiger partial charge in [-0.3, -0.25) is 0 Å². The van der Waals surface area contributed by atoms with E-state index in [0.717, 1.165) is 12.8 Å². The lowest BCUT2D eigenvalue weighted by atomic mass is 10.1. The fourth-order valence-corrected chi connectivity index (χ4v) is 2.41. The lowest BCUT2D eigenvalue weighted by Gasteiger charge is -2.05. The molecule has 0 aromatic carbocycles. The Morgan fingerprint density at radius 2 is 2.00 bits per heavy atom. The van der Waals surface area contributed by atoms with Gasteiger partial charge in [0.1, 0.15) is 0 Å². The smallest absolute Gasteiger partial charge is 0.212 e. The van der Waals surface area contributed by atoms with Crippen LogP contribution in [-0.4, -0.2) is 14.2 Å².